The van der Waals surface area contributed by atoms with Crippen molar-refractivity contribution in [2.75, 3.05) is 12.0 Å². The lowest BCUT2D eigenvalue weighted by Crippen LogP contribution is -2.51. The maximum absolute atomic E-state index is 13.5. The SMILES string of the molecule is CSCC[C@@H](NC(=O)C1(n2cnnn2)CCCCC1)c1nc2ccccc2[nH]1. The molecule has 2 aromatic heterocycles. The minimum atomic E-state index is -0.717. The van der Waals surface area contributed by atoms with Crippen molar-refractivity contribution in [3.8, 4) is 0 Å². The molecule has 3 aromatic rings. The molecule has 0 unspecified atom stereocenters. The van der Waals surface area contributed by atoms with E-state index in [1.807, 2.05) is 24.3 Å². The summed E-state index contributed by atoms with van der Waals surface area (Å²) in [6.07, 6.45) is 9.05. The number of aromatic nitrogens is 6. The van der Waals surface area contributed by atoms with Crippen LogP contribution in [-0.2, 0) is 10.3 Å². The molecule has 1 fully saturated rings. The molecule has 4 rings (SSSR count). The van der Waals surface area contributed by atoms with Crippen LogP contribution in [0.3, 0.4) is 0 Å². The van der Waals surface area contributed by atoms with Gasteiger partial charge < -0.3 is 10.3 Å². The summed E-state index contributed by atoms with van der Waals surface area (Å²) in [6, 6.07) is 7.75. The normalized spacial score (nSPS) is 17.5. The number of nitrogens with zero attached hydrogens (tertiary/aromatic N) is 5. The van der Waals surface area contributed by atoms with Gasteiger partial charge in [-0.25, -0.2) is 9.67 Å². The number of hydrogen-bond donors (Lipinski definition) is 2. The predicted octanol–water partition coefficient (Wildman–Crippen LogP) is 2.82. The van der Waals surface area contributed by atoms with Gasteiger partial charge in [-0.15, -0.1) is 5.10 Å². The van der Waals surface area contributed by atoms with Crippen LogP contribution in [0.25, 0.3) is 11.0 Å². The summed E-state index contributed by atoms with van der Waals surface area (Å²) >= 11 is 1.76. The zero-order valence-corrected chi connectivity index (χ0v) is 16.8. The van der Waals surface area contributed by atoms with Crippen molar-refractivity contribution in [1.82, 2.24) is 35.5 Å². The highest BCUT2D eigenvalue weighted by atomic mass is 32.2. The number of H-pyrrole nitrogens is 1. The summed E-state index contributed by atoms with van der Waals surface area (Å²) in [4.78, 5) is 21.6. The number of rotatable bonds is 7. The fraction of sp³-hybridized carbons (Fsp3) is 0.526. The number of thioether (sulfide) groups is 1. The number of fused-ring (bicyclic) bond motifs is 1. The number of carbonyl (C=O) groups excluding carboxylic acids is 1. The Morgan fingerprint density at radius 3 is 2.86 bits per heavy atom. The van der Waals surface area contributed by atoms with Gasteiger partial charge in [-0.2, -0.15) is 11.8 Å². The molecular weight excluding hydrogens is 374 g/mol. The van der Waals surface area contributed by atoms with E-state index in [2.05, 4.69) is 32.1 Å². The maximum atomic E-state index is 13.5. The average molecular weight is 400 g/mol. The summed E-state index contributed by atoms with van der Waals surface area (Å²) in [7, 11) is 0. The highest BCUT2D eigenvalue weighted by Crippen LogP contribution is 2.35. The minimum Gasteiger partial charge on any atom is -0.344 e. The van der Waals surface area contributed by atoms with Crippen LogP contribution < -0.4 is 5.32 Å². The maximum Gasteiger partial charge on any atom is 0.248 e. The monoisotopic (exact) mass is 399 g/mol. The zero-order valence-electron chi connectivity index (χ0n) is 16.0. The molecule has 0 spiro atoms. The van der Waals surface area contributed by atoms with E-state index in [0.29, 0.717) is 0 Å². The average Bonchev–Trinajstić information content (AvgIpc) is 3.41. The van der Waals surface area contributed by atoms with E-state index in [1.165, 1.54) is 0 Å². The van der Waals surface area contributed by atoms with Gasteiger partial charge in [-0.3, -0.25) is 4.79 Å². The van der Waals surface area contributed by atoms with Crippen molar-refractivity contribution in [3.05, 3.63) is 36.4 Å². The van der Waals surface area contributed by atoms with Crippen LogP contribution >= 0.6 is 11.8 Å². The van der Waals surface area contributed by atoms with Crippen molar-refractivity contribution >= 4 is 28.7 Å². The minimum absolute atomic E-state index is 0.0222. The lowest BCUT2D eigenvalue weighted by atomic mass is 9.80. The van der Waals surface area contributed by atoms with E-state index >= 15 is 0 Å². The molecular formula is C19H25N7OS. The Morgan fingerprint density at radius 2 is 2.14 bits per heavy atom. The molecule has 28 heavy (non-hydrogen) atoms. The van der Waals surface area contributed by atoms with Crippen LogP contribution in [0.1, 0.15) is 50.4 Å². The summed E-state index contributed by atoms with van der Waals surface area (Å²) in [5, 5.41) is 14.9. The molecule has 1 saturated carbocycles. The van der Waals surface area contributed by atoms with Gasteiger partial charge in [0, 0.05) is 0 Å². The van der Waals surface area contributed by atoms with E-state index in [4.69, 9.17) is 4.98 Å². The van der Waals surface area contributed by atoms with Crippen molar-refractivity contribution in [1.29, 1.82) is 0 Å². The Balaban J connectivity index is 1.62. The molecule has 0 saturated heterocycles. The van der Waals surface area contributed by atoms with Gasteiger partial charge in [0.15, 0.2) is 0 Å². The number of carbonyl (C=O) groups is 1. The van der Waals surface area contributed by atoms with Crippen molar-refractivity contribution in [2.45, 2.75) is 50.1 Å². The molecule has 9 heteroatoms. The standard InChI is InChI=1S/C19H25N7OS/c1-28-12-9-16(17-21-14-7-3-4-8-15(14)22-17)23-18(27)19(10-5-2-6-11-19)26-13-20-24-25-26/h3-4,7-8,13,16H,2,5-6,9-12H2,1H3,(H,21,22)(H,23,27)/t16-/m1/s1. The second kappa shape index (κ2) is 8.30. The van der Waals surface area contributed by atoms with Gasteiger partial charge in [-0.1, -0.05) is 31.4 Å². The quantitative estimate of drug-likeness (QED) is 0.633. The van der Waals surface area contributed by atoms with Crippen molar-refractivity contribution in [3.63, 3.8) is 0 Å². The number of para-hydroxylation sites is 2. The largest absolute Gasteiger partial charge is 0.344 e. The van der Waals surface area contributed by atoms with Gasteiger partial charge >= 0.3 is 0 Å². The summed E-state index contributed by atoms with van der Waals surface area (Å²) in [5.74, 6) is 1.71. The van der Waals surface area contributed by atoms with Crippen LogP contribution in [0.15, 0.2) is 30.6 Å². The summed E-state index contributed by atoms with van der Waals surface area (Å²) < 4.78 is 1.64. The van der Waals surface area contributed by atoms with Gasteiger partial charge in [0.2, 0.25) is 5.91 Å². The van der Waals surface area contributed by atoms with Crippen LogP contribution in [-0.4, -0.2) is 48.1 Å². The topological polar surface area (TPSA) is 101 Å². The molecule has 1 aliphatic rings. The third-order valence-corrected chi connectivity index (χ3v) is 6.19. The van der Waals surface area contributed by atoms with Crippen LogP contribution in [0, 0.1) is 0 Å². The Labute approximate surface area is 167 Å². The molecule has 2 N–H and O–H groups in total. The number of imidazole rings is 1. The third kappa shape index (κ3) is 3.63. The fourth-order valence-electron chi connectivity index (χ4n) is 4.00. The van der Waals surface area contributed by atoms with E-state index < -0.39 is 5.54 Å². The molecule has 1 atom stereocenters. The summed E-state index contributed by atoms with van der Waals surface area (Å²) in [5.41, 5.74) is 1.17. The van der Waals surface area contributed by atoms with Gasteiger partial charge in [-0.05, 0) is 53.8 Å². The lowest BCUT2D eigenvalue weighted by molar-refractivity contribution is -0.133. The van der Waals surface area contributed by atoms with Crippen LogP contribution in [0.4, 0.5) is 0 Å². The zero-order chi connectivity index (χ0) is 19.4. The Bertz CT molecular complexity index is 884. The third-order valence-electron chi connectivity index (χ3n) is 5.54. The first-order valence-corrected chi connectivity index (χ1v) is 11.1. The molecule has 1 aromatic carbocycles. The number of tetrazole rings is 1. The Morgan fingerprint density at radius 1 is 1.32 bits per heavy atom. The summed E-state index contributed by atoms with van der Waals surface area (Å²) in [6.45, 7) is 0. The predicted molar refractivity (Wildman–Crippen MR) is 109 cm³/mol. The smallest absolute Gasteiger partial charge is 0.248 e. The first kappa shape index (κ1) is 18.9. The first-order chi connectivity index (χ1) is 13.7. The van der Waals surface area contributed by atoms with Crippen molar-refractivity contribution < 1.29 is 4.79 Å². The number of hydrogen-bond acceptors (Lipinski definition) is 6. The highest BCUT2D eigenvalue weighted by molar-refractivity contribution is 7.98. The van der Waals surface area contributed by atoms with E-state index in [-0.39, 0.29) is 11.9 Å². The molecule has 2 heterocycles. The highest BCUT2D eigenvalue weighted by Gasteiger charge is 2.43. The van der Waals surface area contributed by atoms with E-state index in [9.17, 15) is 4.79 Å². The van der Waals surface area contributed by atoms with Crippen molar-refractivity contribution in [2.24, 2.45) is 0 Å². The van der Waals surface area contributed by atoms with E-state index in [0.717, 1.165) is 61.1 Å². The van der Waals surface area contributed by atoms with Crippen LogP contribution in [0.2, 0.25) is 0 Å². The number of nitrogens with one attached hydrogen (secondary N) is 2. The Hall–Kier alpha value is -2.42. The second-order valence-electron chi connectivity index (χ2n) is 7.29. The Kier molecular flexibility index (Phi) is 5.61. The molecule has 0 bridgehead atoms. The number of amides is 1. The van der Waals surface area contributed by atoms with E-state index in [1.54, 1.807) is 22.8 Å². The molecule has 1 aliphatic carbocycles. The van der Waals surface area contributed by atoms with Crippen LogP contribution in [0.5, 0.6) is 0 Å². The van der Waals surface area contributed by atoms with Gasteiger partial charge in [0.05, 0.1) is 17.1 Å². The molecule has 148 valence electrons. The lowest BCUT2D eigenvalue weighted by Gasteiger charge is -2.36. The molecule has 1 amide bonds. The molecule has 0 radical (unpaired) electrons. The molecule has 8 nitrogen and oxygen atoms in total. The van der Waals surface area contributed by atoms with Gasteiger partial charge in [0.25, 0.3) is 0 Å². The molecule has 0 aliphatic heterocycles. The number of benzene rings is 1. The fourth-order valence-corrected chi connectivity index (χ4v) is 4.47. The van der Waals surface area contributed by atoms with Gasteiger partial charge in [0.1, 0.15) is 17.7 Å². The second-order valence-corrected chi connectivity index (χ2v) is 8.28. The first-order valence-electron chi connectivity index (χ1n) is 9.71. The number of aromatic amines is 1.